The van der Waals surface area contributed by atoms with Crippen molar-refractivity contribution in [2.75, 3.05) is 18.0 Å². The molecule has 1 fully saturated rings. The summed E-state index contributed by atoms with van der Waals surface area (Å²) in [4.78, 5) is 6.05. The van der Waals surface area contributed by atoms with Crippen molar-refractivity contribution in [3.8, 4) is 0 Å². The van der Waals surface area contributed by atoms with Gasteiger partial charge in [0.15, 0.2) is 0 Å². The minimum absolute atomic E-state index is 0.453. The Morgan fingerprint density at radius 1 is 1.54 bits per heavy atom. The van der Waals surface area contributed by atoms with E-state index in [1.54, 1.807) is 12.3 Å². The zero-order valence-electron chi connectivity index (χ0n) is 7.08. The number of hydrogen-bond acceptors (Lipinski definition) is 2. The quantitative estimate of drug-likeness (QED) is 0.692. The standard InChI is InChI=1S/C9H10ClFN2/c10-7-1-2-9(12-5-7)13-4-3-8(11)6-13/h1-2,5,8H,3-4,6H2. The molecule has 70 valence electrons. The fraction of sp³-hybridized carbons (Fsp3) is 0.444. The SMILES string of the molecule is FC1CCN(c2ccc(Cl)cn2)C1. The molecule has 13 heavy (non-hydrogen) atoms. The Labute approximate surface area is 81.3 Å². The summed E-state index contributed by atoms with van der Waals surface area (Å²) in [6, 6.07) is 3.59. The highest BCUT2D eigenvalue weighted by Crippen LogP contribution is 2.20. The highest BCUT2D eigenvalue weighted by Gasteiger charge is 2.22. The Morgan fingerprint density at radius 3 is 2.92 bits per heavy atom. The summed E-state index contributed by atoms with van der Waals surface area (Å²) in [5.41, 5.74) is 0. The zero-order chi connectivity index (χ0) is 9.26. The van der Waals surface area contributed by atoms with E-state index in [4.69, 9.17) is 11.6 Å². The Morgan fingerprint density at radius 2 is 2.38 bits per heavy atom. The molecule has 2 nitrogen and oxygen atoms in total. The summed E-state index contributed by atoms with van der Waals surface area (Å²) in [7, 11) is 0. The maximum absolute atomic E-state index is 12.8. The van der Waals surface area contributed by atoms with Crippen LogP contribution in [0.1, 0.15) is 6.42 Å². The number of hydrogen-bond donors (Lipinski definition) is 0. The predicted octanol–water partition coefficient (Wildman–Crippen LogP) is 2.28. The molecule has 0 radical (unpaired) electrons. The van der Waals surface area contributed by atoms with Gasteiger partial charge in [-0.1, -0.05) is 11.6 Å². The summed E-state index contributed by atoms with van der Waals surface area (Å²) < 4.78 is 12.8. The van der Waals surface area contributed by atoms with Crippen molar-refractivity contribution < 1.29 is 4.39 Å². The Bertz CT molecular complexity index is 288. The Kier molecular flexibility index (Phi) is 2.36. The molecule has 1 atom stereocenters. The monoisotopic (exact) mass is 200 g/mol. The summed E-state index contributed by atoms with van der Waals surface area (Å²) in [5.74, 6) is 0.810. The van der Waals surface area contributed by atoms with E-state index >= 15 is 0 Å². The average molecular weight is 201 g/mol. The molecule has 0 N–H and O–H groups in total. The molecule has 1 aliphatic heterocycles. The molecule has 0 spiro atoms. The summed E-state index contributed by atoms with van der Waals surface area (Å²) in [5, 5.41) is 0.611. The van der Waals surface area contributed by atoms with Gasteiger partial charge in [-0.05, 0) is 18.6 Å². The molecule has 2 rings (SSSR count). The van der Waals surface area contributed by atoms with Crippen LogP contribution in [0.15, 0.2) is 18.3 Å². The average Bonchev–Trinajstić information content (AvgIpc) is 2.53. The van der Waals surface area contributed by atoms with Gasteiger partial charge >= 0.3 is 0 Å². The second-order valence-corrected chi connectivity index (χ2v) is 3.60. The lowest BCUT2D eigenvalue weighted by Gasteiger charge is -2.15. The third-order valence-electron chi connectivity index (χ3n) is 2.17. The van der Waals surface area contributed by atoms with Crippen LogP contribution in [0.5, 0.6) is 0 Å². The van der Waals surface area contributed by atoms with Crippen LogP contribution in [-0.4, -0.2) is 24.2 Å². The molecule has 0 saturated carbocycles. The summed E-state index contributed by atoms with van der Waals surface area (Å²) >= 11 is 5.69. The lowest BCUT2D eigenvalue weighted by atomic mass is 10.3. The Balaban J connectivity index is 2.13. The van der Waals surface area contributed by atoms with Crippen molar-refractivity contribution in [3.05, 3.63) is 23.4 Å². The molecule has 1 aromatic rings. The van der Waals surface area contributed by atoms with Crippen LogP contribution in [0.4, 0.5) is 10.2 Å². The van der Waals surface area contributed by atoms with Gasteiger partial charge in [0.05, 0.1) is 11.6 Å². The number of nitrogens with zero attached hydrogens (tertiary/aromatic N) is 2. The van der Waals surface area contributed by atoms with Gasteiger partial charge in [-0.2, -0.15) is 0 Å². The van der Waals surface area contributed by atoms with Crippen LogP contribution in [0, 0.1) is 0 Å². The molecule has 0 bridgehead atoms. The van der Waals surface area contributed by atoms with Crippen LogP contribution in [0.25, 0.3) is 0 Å². The molecule has 4 heteroatoms. The second-order valence-electron chi connectivity index (χ2n) is 3.17. The fourth-order valence-electron chi connectivity index (χ4n) is 1.48. The first-order valence-corrected chi connectivity index (χ1v) is 4.64. The lowest BCUT2D eigenvalue weighted by molar-refractivity contribution is 0.364. The highest BCUT2D eigenvalue weighted by atomic mass is 35.5. The van der Waals surface area contributed by atoms with Gasteiger partial charge in [0.1, 0.15) is 12.0 Å². The first-order valence-electron chi connectivity index (χ1n) is 4.26. The van der Waals surface area contributed by atoms with E-state index in [0.717, 1.165) is 12.4 Å². The maximum atomic E-state index is 12.8. The first kappa shape index (κ1) is 8.75. The minimum Gasteiger partial charge on any atom is -0.354 e. The molecule has 1 aliphatic rings. The number of anilines is 1. The van der Waals surface area contributed by atoms with Gasteiger partial charge in [0.25, 0.3) is 0 Å². The van der Waals surface area contributed by atoms with E-state index in [-0.39, 0.29) is 0 Å². The lowest BCUT2D eigenvalue weighted by Crippen LogP contribution is -2.20. The molecule has 1 aromatic heterocycles. The molecule has 0 aromatic carbocycles. The predicted molar refractivity (Wildman–Crippen MR) is 51.0 cm³/mol. The smallest absolute Gasteiger partial charge is 0.128 e. The van der Waals surface area contributed by atoms with Crippen molar-refractivity contribution in [1.29, 1.82) is 0 Å². The number of alkyl halides is 1. The van der Waals surface area contributed by atoms with E-state index in [1.807, 2.05) is 11.0 Å². The van der Waals surface area contributed by atoms with E-state index < -0.39 is 6.17 Å². The van der Waals surface area contributed by atoms with Gasteiger partial charge in [-0.3, -0.25) is 0 Å². The number of rotatable bonds is 1. The van der Waals surface area contributed by atoms with Crippen molar-refractivity contribution in [2.24, 2.45) is 0 Å². The van der Waals surface area contributed by atoms with Crippen LogP contribution in [-0.2, 0) is 0 Å². The summed E-state index contributed by atoms with van der Waals surface area (Å²) in [6.45, 7) is 1.20. The normalized spacial score (nSPS) is 22.3. The molecular weight excluding hydrogens is 191 g/mol. The van der Waals surface area contributed by atoms with Gasteiger partial charge in [0.2, 0.25) is 0 Å². The topological polar surface area (TPSA) is 16.1 Å². The van der Waals surface area contributed by atoms with E-state index in [1.165, 1.54) is 0 Å². The third kappa shape index (κ3) is 1.91. The van der Waals surface area contributed by atoms with Crippen LogP contribution >= 0.6 is 11.6 Å². The number of pyridine rings is 1. The van der Waals surface area contributed by atoms with Gasteiger partial charge in [0, 0.05) is 12.7 Å². The van der Waals surface area contributed by atoms with Gasteiger partial charge in [-0.15, -0.1) is 0 Å². The maximum Gasteiger partial charge on any atom is 0.128 e. The Hall–Kier alpha value is -0.830. The van der Waals surface area contributed by atoms with Crippen LogP contribution in [0.2, 0.25) is 5.02 Å². The van der Waals surface area contributed by atoms with Gasteiger partial charge in [-0.25, -0.2) is 9.37 Å². The van der Waals surface area contributed by atoms with Crippen molar-refractivity contribution >= 4 is 17.4 Å². The third-order valence-corrected chi connectivity index (χ3v) is 2.39. The first-order chi connectivity index (χ1) is 6.25. The van der Waals surface area contributed by atoms with E-state index in [0.29, 0.717) is 18.0 Å². The van der Waals surface area contributed by atoms with Crippen LogP contribution in [0.3, 0.4) is 0 Å². The fourth-order valence-corrected chi connectivity index (χ4v) is 1.59. The van der Waals surface area contributed by atoms with Crippen LogP contribution < -0.4 is 4.90 Å². The van der Waals surface area contributed by atoms with Gasteiger partial charge < -0.3 is 4.90 Å². The molecule has 0 amide bonds. The molecule has 0 aliphatic carbocycles. The summed E-state index contributed by atoms with van der Waals surface area (Å²) in [6.07, 6.45) is 1.48. The largest absolute Gasteiger partial charge is 0.354 e. The van der Waals surface area contributed by atoms with Crippen molar-refractivity contribution in [1.82, 2.24) is 4.98 Å². The van der Waals surface area contributed by atoms with E-state index in [2.05, 4.69) is 4.98 Å². The highest BCUT2D eigenvalue weighted by molar-refractivity contribution is 6.30. The minimum atomic E-state index is -0.711. The van der Waals surface area contributed by atoms with E-state index in [9.17, 15) is 4.39 Å². The zero-order valence-corrected chi connectivity index (χ0v) is 7.84. The number of halogens is 2. The second kappa shape index (κ2) is 3.50. The molecular formula is C9H10ClFN2. The molecule has 1 unspecified atom stereocenters. The molecule has 1 saturated heterocycles. The number of aromatic nitrogens is 1. The van der Waals surface area contributed by atoms with Crippen molar-refractivity contribution in [2.45, 2.75) is 12.6 Å². The molecule has 2 heterocycles. The van der Waals surface area contributed by atoms with Crippen molar-refractivity contribution in [3.63, 3.8) is 0 Å².